The van der Waals surface area contributed by atoms with E-state index in [1.807, 2.05) is 25.1 Å². The molecule has 0 fully saturated rings. The van der Waals surface area contributed by atoms with Gasteiger partial charge in [-0.25, -0.2) is 4.98 Å². The topological polar surface area (TPSA) is 101 Å². The number of hydrogen-bond acceptors (Lipinski definition) is 6. The molecule has 0 spiro atoms. The second-order valence-corrected chi connectivity index (χ2v) is 8.88. The van der Waals surface area contributed by atoms with Crippen LogP contribution in [0.3, 0.4) is 0 Å². The number of rotatable bonds is 11. The molecule has 0 aliphatic heterocycles. The fourth-order valence-corrected chi connectivity index (χ4v) is 4.27. The third kappa shape index (κ3) is 5.90. The molecule has 1 amide bonds. The molecule has 0 radical (unpaired) electrons. The molecule has 8 heteroatoms. The highest BCUT2D eigenvalue weighted by atomic mass is 32.1. The molecule has 33 heavy (non-hydrogen) atoms. The first-order chi connectivity index (χ1) is 16.1. The molecule has 2 aromatic heterocycles. The second kappa shape index (κ2) is 11.0. The minimum Gasteiger partial charge on any atom is -0.341 e. The Labute approximate surface area is 196 Å². The van der Waals surface area contributed by atoms with E-state index in [4.69, 9.17) is 4.98 Å². The van der Waals surface area contributed by atoms with Gasteiger partial charge in [0, 0.05) is 18.4 Å². The molecule has 0 aliphatic carbocycles. The summed E-state index contributed by atoms with van der Waals surface area (Å²) >= 11 is 1.30. The van der Waals surface area contributed by atoms with Crippen molar-refractivity contribution in [1.29, 1.82) is 0 Å². The quantitative estimate of drug-likeness (QED) is 0.288. The van der Waals surface area contributed by atoms with E-state index in [-0.39, 0.29) is 11.9 Å². The van der Waals surface area contributed by atoms with E-state index >= 15 is 0 Å². The number of ketones is 1. The van der Waals surface area contributed by atoms with E-state index in [1.54, 1.807) is 11.7 Å². The molecule has 0 saturated heterocycles. The Hall–Kier alpha value is -3.39. The Morgan fingerprint density at radius 3 is 2.73 bits per heavy atom. The van der Waals surface area contributed by atoms with Crippen LogP contribution >= 0.6 is 11.3 Å². The van der Waals surface area contributed by atoms with Gasteiger partial charge in [-0.1, -0.05) is 56.2 Å². The Morgan fingerprint density at radius 1 is 1.09 bits per heavy atom. The summed E-state index contributed by atoms with van der Waals surface area (Å²) < 4.78 is 0. The van der Waals surface area contributed by atoms with E-state index < -0.39 is 0 Å². The van der Waals surface area contributed by atoms with Crippen LogP contribution in [0.5, 0.6) is 0 Å². The predicted molar refractivity (Wildman–Crippen MR) is 130 cm³/mol. The van der Waals surface area contributed by atoms with Crippen molar-refractivity contribution < 1.29 is 9.59 Å². The highest BCUT2D eigenvalue weighted by molar-refractivity contribution is 7.11. The van der Waals surface area contributed by atoms with Crippen molar-refractivity contribution in [3.8, 4) is 11.4 Å². The zero-order valence-corrected chi connectivity index (χ0v) is 19.4. The number of benzene rings is 2. The fourth-order valence-electron chi connectivity index (χ4n) is 3.75. The van der Waals surface area contributed by atoms with Gasteiger partial charge in [0.2, 0.25) is 0 Å². The Kier molecular flexibility index (Phi) is 7.57. The van der Waals surface area contributed by atoms with Crippen LogP contribution in [-0.2, 0) is 4.79 Å². The van der Waals surface area contributed by atoms with E-state index in [2.05, 4.69) is 44.8 Å². The number of nitrogens with one attached hydrogen (secondary N) is 2. The summed E-state index contributed by atoms with van der Waals surface area (Å²) in [7, 11) is 0. The SMILES string of the molecule is CCC(=O)CCCCCC(NC(=O)c1cncs1)c1nc(-c2ccc3ccccc3c2)n[nH]1. The number of aromatic amines is 1. The summed E-state index contributed by atoms with van der Waals surface area (Å²) in [6.07, 6.45) is 6.12. The molecule has 4 rings (SSSR count). The summed E-state index contributed by atoms with van der Waals surface area (Å²) in [6, 6.07) is 14.0. The summed E-state index contributed by atoms with van der Waals surface area (Å²) in [5, 5.41) is 12.8. The molecule has 4 aromatic rings. The Morgan fingerprint density at radius 2 is 1.94 bits per heavy atom. The average Bonchev–Trinajstić information content (AvgIpc) is 3.55. The average molecular weight is 462 g/mol. The molecular formula is C25H27N5O2S. The van der Waals surface area contributed by atoms with Crippen molar-refractivity contribution in [2.75, 3.05) is 0 Å². The smallest absolute Gasteiger partial charge is 0.263 e. The molecule has 1 unspecified atom stereocenters. The first kappa shape index (κ1) is 22.8. The molecule has 0 bridgehead atoms. The second-order valence-electron chi connectivity index (χ2n) is 7.99. The minimum atomic E-state index is -0.303. The first-order valence-corrected chi connectivity index (χ1v) is 12.1. The third-order valence-electron chi connectivity index (χ3n) is 5.64. The van der Waals surface area contributed by atoms with E-state index in [9.17, 15) is 9.59 Å². The zero-order valence-electron chi connectivity index (χ0n) is 18.6. The monoisotopic (exact) mass is 461 g/mol. The number of amides is 1. The molecule has 170 valence electrons. The van der Waals surface area contributed by atoms with Crippen molar-refractivity contribution in [3.05, 3.63) is 64.9 Å². The number of carbonyl (C=O) groups is 2. The van der Waals surface area contributed by atoms with Crippen LogP contribution in [0.25, 0.3) is 22.2 Å². The molecule has 2 heterocycles. The number of H-pyrrole nitrogens is 1. The van der Waals surface area contributed by atoms with Gasteiger partial charge in [0.1, 0.15) is 16.5 Å². The molecule has 0 saturated carbocycles. The van der Waals surface area contributed by atoms with Crippen LogP contribution in [0.1, 0.15) is 67.0 Å². The van der Waals surface area contributed by atoms with Gasteiger partial charge in [0.05, 0.1) is 17.7 Å². The predicted octanol–water partition coefficient (Wildman–Crippen LogP) is 5.48. The largest absolute Gasteiger partial charge is 0.341 e. The van der Waals surface area contributed by atoms with E-state index in [0.717, 1.165) is 35.6 Å². The lowest BCUT2D eigenvalue weighted by Gasteiger charge is -2.15. The maximum Gasteiger partial charge on any atom is 0.263 e. The Balaban J connectivity index is 1.48. The highest BCUT2D eigenvalue weighted by Gasteiger charge is 2.20. The number of nitrogens with zero attached hydrogens (tertiary/aromatic N) is 3. The van der Waals surface area contributed by atoms with Crippen LogP contribution in [0.15, 0.2) is 54.2 Å². The van der Waals surface area contributed by atoms with Crippen molar-refractivity contribution in [2.45, 2.75) is 51.5 Å². The van der Waals surface area contributed by atoms with Crippen LogP contribution in [0.4, 0.5) is 0 Å². The molecule has 2 aromatic carbocycles. The summed E-state index contributed by atoms with van der Waals surface area (Å²) in [6.45, 7) is 1.89. The van der Waals surface area contributed by atoms with Crippen LogP contribution in [0.2, 0.25) is 0 Å². The number of fused-ring (bicyclic) bond motifs is 1. The lowest BCUT2D eigenvalue weighted by molar-refractivity contribution is -0.118. The number of Topliss-reactive ketones (excluding diaryl/α,β-unsaturated/α-hetero) is 1. The van der Waals surface area contributed by atoms with Crippen molar-refractivity contribution >= 4 is 33.8 Å². The van der Waals surface area contributed by atoms with Crippen molar-refractivity contribution in [2.24, 2.45) is 0 Å². The van der Waals surface area contributed by atoms with Crippen molar-refractivity contribution in [1.82, 2.24) is 25.5 Å². The lowest BCUT2D eigenvalue weighted by atomic mass is 10.0. The van der Waals surface area contributed by atoms with Crippen LogP contribution in [0, 0.1) is 0 Å². The van der Waals surface area contributed by atoms with Crippen LogP contribution in [-0.4, -0.2) is 31.9 Å². The van der Waals surface area contributed by atoms with Gasteiger partial charge < -0.3 is 5.32 Å². The molecule has 1 atom stereocenters. The summed E-state index contributed by atoms with van der Waals surface area (Å²) in [5.74, 6) is 1.34. The first-order valence-electron chi connectivity index (χ1n) is 11.3. The number of thiazole rings is 1. The Bertz CT molecular complexity index is 1220. The number of aromatic nitrogens is 4. The van der Waals surface area contributed by atoms with Gasteiger partial charge in [-0.15, -0.1) is 11.3 Å². The number of carbonyl (C=O) groups excluding carboxylic acids is 2. The number of hydrogen-bond donors (Lipinski definition) is 2. The molecular weight excluding hydrogens is 434 g/mol. The van der Waals surface area contributed by atoms with Crippen LogP contribution < -0.4 is 5.32 Å². The summed E-state index contributed by atoms with van der Waals surface area (Å²) in [4.78, 5) is 33.5. The van der Waals surface area contributed by atoms with Crippen molar-refractivity contribution in [3.63, 3.8) is 0 Å². The number of unbranched alkanes of at least 4 members (excludes halogenated alkanes) is 2. The highest BCUT2D eigenvalue weighted by Crippen LogP contribution is 2.24. The van der Waals surface area contributed by atoms with Gasteiger partial charge in [-0.3, -0.25) is 19.7 Å². The fraction of sp³-hybridized carbons (Fsp3) is 0.320. The zero-order chi connectivity index (χ0) is 23.0. The summed E-state index contributed by atoms with van der Waals surface area (Å²) in [5.41, 5.74) is 2.56. The van der Waals surface area contributed by atoms with Gasteiger partial charge >= 0.3 is 0 Å². The normalized spacial score (nSPS) is 12.0. The van der Waals surface area contributed by atoms with Gasteiger partial charge in [0.15, 0.2) is 5.82 Å². The third-order valence-corrected chi connectivity index (χ3v) is 6.42. The van der Waals surface area contributed by atoms with E-state index in [1.165, 1.54) is 11.3 Å². The van der Waals surface area contributed by atoms with Gasteiger partial charge in [0.25, 0.3) is 5.91 Å². The molecule has 7 nitrogen and oxygen atoms in total. The molecule has 2 N–H and O–H groups in total. The van der Waals surface area contributed by atoms with E-state index in [0.29, 0.717) is 41.6 Å². The molecule has 0 aliphatic rings. The minimum absolute atomic E-state index is 0.174. The standard InChI is InChI=1S/C25H27N5O2S/c1-2-20(31)10-4-3-5-11-21(27-25(32)22-15-26-16-33-22)24-28-23(29-30-24)19-13-12-17-8-6-7-9-18(17)14-19/h6-9,12-16,21H,2-5,10-11H2,1H3,(H,27,32)(H,28,29,30). The maximum atomic E-state index is 12.7. The van der Waals surface area contributed by atoms with Gasteiger partial charge in [-0.05, 0) is 29.7 Å². The lowest BCUT2D eigenvalue weighted by Crippen LogP contribution is -2.28. The van der Waals surface area contributed by atoms with Gasteiger partial charge in [-0.2, -0.15) is 5.10 Å². The maximum absolute atomic E-state index is 12.7.